The average Bonchev–Trinajstić information content (AvgIpc) is 2.25. The number of hydrogen-bond donors (Lipinski definition) is 1. The predicted octanol–water partition coefficient (Wildman–Crippen LogP) is 2.79. The molecule has 0 aliphatic rings. The molecule has 0 aliphatic carbocycles. The summed E-state index contributed by atoms with van der Waals surface area (Å²) in [5.74, 6) is 0.710. The topological polar surface area (TPSA) is 29.3 Å². The molecule has 1 rings (SSSR count). The molecule has 0 aromatic heterocycles. The van der Waals surface area contributed by atoms with E-state index < -0.39 is 0 Å². The fourth-order valence-corrected chi connectivity index (χ4v) is 1.97. The summed E-state index contributed by atoms with van der Waals surface area (Å²) in [6, 6.07) is 9.18. The molecule has 0 amide bonds. The lowest BCUT2D eigenvalue weighted by atomic mass is 9.95. The van der Waals surface area contributed by atoms with Crippen molar-refractivity contribution < 1.29 is 0 Å². The van der Waals surface area contributed by atoms with Gasteiger partial charge in [0.25, 0.3) is 0 Å². The lowest BCUT2D eigenvalue weighted by molar-refractivity contribution is 0.259. The van der Waals surface area contributed by atoms with Gasteiger partial charge in [0.05, 0.1) is 0 Å². The zero-order valence-corrected chi connectivity index (χ0v) is 10.9. The molecular weight excluding hydrogens is 196 g/mol. The van der Waals surface area contributed by atoms with E-state index in [2.05, 4.69) is 57.1 Å². The van der Waals surface area contributed by atoms with Gasteiger partial charge in [0, 0.05) is 12.6 Å². The molecule has 1 unspecified atom stereocenters. The first-order valence-electron chi connectivity index (χ1n) is 6.00. The Morgan fingerprint density at radius 3 is 2.06 bits per heavy atom. The third-order valence-electron chi connectivity index (χ3n) is 2.92. The summed E-state index contributed by atoms with van der Waals surface area (Å²) >= 11 is 0. The number of rotatable bonds is 5. The quantitative estimate of drug-likeness (QED) is 0.826. The summed E-state index contributed by atoms with van der Waals surface area (Å²) in [5, 5.41) is 0. The van der Waals surface area contributed by atoms with Crippen LogP contribution in [0.2, 0.25) is 0 Å². The molecule has 16 heavy (non-hydrogen) atoms. The van der Waals surface area contributed by atoms with Crippen LogP contribution in [0.1, 0.15) is 37.4 Å². The van der Waals surface area contributed by atoms with Crippen molar-refractivity contribution in [3.63, 3.8) is 0 Å². The van der Waals surface area contributed by atoms with Crippen molar-refractivity contribution in [3.05, 3.63) is 35.4 Å². The molecule has 0 spiro atoms. The van der Waals surface area contributed by atoms with Crippen molar-refractivity contribution in [1.29, 1.82) is 0 Å². The largest absolute Gasteiger partial charge is 0.326 e. The van der Waals surface area contributed by atoms with Crippen molar-refractivity contribution in [2.75, 3.05) is 14.1 Å². The van der Waals surface area contributed by atoms with Gasteiger partial charge in [0.1, 0.15) is 0 Å². The second kappa shape index (κ2) is 6.02. The van der Waals surface area contributed by atoms with E-state index in [1.807, 2.05) is 0 Å². The zero-order chi connectivity index (χ0) is 12.1. The highest BCUT2D eigenvalue weighted by molar-refractivity contribution is 5.25. The minimum absolute atomic E-state index is 0.506. The van der Waals surface area contributed by atoms with Crippen LogP contribution in [0.4, 0.5) is 0 Å². The lowest BCUT2D eigenvalue weighted by Gasteiger charge is -2.26. The third-order valence-corrected chi connectivity index (χ3v) is 2.92. The minimum atomic E-state index is 0.506. The van der Waals surface area contributed by atoms with Crippen LogP contribution in [0.3, 0.4) is 0 Å². The minimum Gasteiger partial charge on any atom is -0.326 e. The average molecular weight is 220 g/mol. The van der Waals surface area contributed by atoms with E-state index in [1.165, 1.54) is 17.5 Å². The molecule has 2 heteroatoms. The summed E-state index contributed by atoms with van der Waals surface area (Å²) in [5.41, 5.74) is 8.19. The van der Waals surface area contributed by atoms with E-state index in [1.54, 1.807) is 0 Å². The van der Waals surface area contributed by atoms with Crippen LogP contribution in [-0.2, 0) is 6.54 Å². The van der Waals surface area contributed by atoms with E-state index in [0.717, 1.165) is 0 Å². The van der Waals surface area contributed by atoms with Crippen LogP contribution in [-0.4, -0.2) is 19.0 Å². The molecular formula is C14H24N2. The van der Waals surface area contributed by atoms with Crippen molar-refractivity contribution in [2.24, 2.45) is 11.7 Å². The first kappa shape index (κ1) is 13.2. The Morgan fingerprint density at radius 2 is 1.69 bits per heavy atom. The molecule has 0 heterocycles. The molecule has 90 valence electrons. The highest BCUT2D eigenvalue weighted by Crippen LogP contribution is 2.25. The molecule has 2 nitrogen and oxygen atoms in total. The molecule has 0 saturated carbocycles. The maximum atomic E-state index is 5.61. The highest BCUT2D eigenvalue weighted by atomic mass is 15.1. The van der Waals surface area contributed by atoms with Gasteiger partial charge in [-0.1, -0.05) is 38.1 Å². The summed E-state index contributed by atoms with van der Waals surface area (Å²) in [6.07, 6.45) is 1.19. The lowest BCUT2D eigenvalue weighted by Crippen LogP contribution is -2.21. The fourth-order valence-electron chi connectivity index (χ4n) is 1.97. The highest BCUT2D eigenvalue weighted by Gasteiger charge is 2.15. The number of benzene rings is 1. The van der Waals surface area contributed by atoms with Crippen molar-refractivity contribution >= 4 is 0 Å². The number of hydrogen-bond acceptors (Lipinski definition) is 2. The third kappa shape index (κ3) is 3.62. The smallest absolute Gasteiger partial charge is 0.0344 e. The number of nitrogens with two attached hydrogens (primary N) is 1. The van der Waals surface area contributed by atoms with Gasteiger partial charge in [0.2, 0.25) is 0 Å². The maximum absolute atomic E-state index is 5.61. The van der Waals surface area contributed by atoms with E-state index in [9.17, 15) is 0 Å². The molecule has 0 bridgehead atoms. The van der Waals surface area contributed by atoms with Crippen LogP contribution in [0.25, 0.3) is 0 Å². The summed E-state index contributed by atoms with van der Waals surface area (Å²) in [4.78, 5) is 2.29. The molecule has 1 aromatic rings. The van der Waals surface area contributed by atoms with E-state index >= 15 is 0 Å². The second-order valence-corrected chi connectivity index (χ2v) is 5.05. The van der Waals surface area contributed by atoms with Crippen LogP contribution in [0.15, 0.2) is 24.3 Å². The van der Waals surface area contributed by atoms with E-state index in [-0.39, 0.29) is 0 Å². The van der Waals surface area contributed by atoms with Gasteiger partial charge in [-0.25, -0.2) is 0 Å². The Balaban J connectivity index is 2.84. The Kier molecular flexibility index (Phi) is 4.97. The Bertz CT molecular complexity index is 301. The summed E-state index contributed by atoms with van der Waals surface area (Å²) in [7, 11) is 4.29. The van der Waals surface area contributed by atoms with Crippen molar-refractivity contribution in [3.8, 4) is 0 Å². The normalized spacial score (nSPS) is 13.4. The molecule has 0 aliphatic heterocycles. The Hall–Kier alpha value is -0.860. The predicted molar refractivity (Wildman–Crippen MR) is 70.2 cm³/mol. The molecule has 0 saturated heterocycles. The van der Waals surface area contributed by atoms with Gasteiger partial charge in [-0.2, -0.15) is 0 Å². The first-order valence-corrected chi connectivity index (χ1v) is 6.00. The van der Waals surface area contributed by atoms with Crippen molar-refractivity contribution in [1.82, 2.24) is 4.90 Å². The Morgan fingerprint density at radius 1 is 1.12 bits per heavy atom. The van der Waals surface area contributed by atoms with Crippen molar-refractivity contribution in [2.45, 2.75) is 32.9 Å². The Labute approximate surface area is 99.5 Å². The fraction of sp³-hybridized carbons (Fsp3) is 0.571. The van der Waals surface area contributed by atoms with Gasteiger partial charge in [-0.3, -0.25) is 0 Å². The molecule has 0 radical (unpaired) electrons. The molecule has 0 fully saturated rings. The van der Waals surface area contributed by atoms with E-state index in [4.69, 9.17) is 5.73 Å². The van der Waals surface area contributed by atoms with Gasteiger partial charge in [0.15, 0.2) is 0 Å². The van der Waals surface area contributed by atoms with Crippen LogP contribution in [0, 0.1) is 5.92 Å². The monoisotopic (exact) mass is 220 g/mol. The second-order valence-electron chi connectivity index (χ2n) is 5.05. The SMILES string of the molecule is CC(C)CC(c1ccc(CN)cc1)N(C)C. The molecule has 1 atom stereocenters. The standard InChI is InChI=1S/C14H24N2/c1-11(2)9-14(16(3)4)13-7-5-12(10-15)6-8-13/h5-8,11,14H,9-10,15H2,1-4H3. The number of nitrogens with zero attached hydrogens (tertiary/aromatic N) is 1. The van der Waals surface area contributed by atoms with Gasteiger partial charge in [-0.15, -0.1) is 0 Å². The van der Waals surface area contributed by atoms with Gasteiger partial charge in [-0.05, 0) is 37.6 Å². The molecule has 1 aromatic carbocycles. The zero-order valence-electron chi connectivity index (χ0n) is 10.9. The first-order chi connectivity index (χ1) is 7.54. The van der Waals surface area contributed by atoms with Gasteiger partial charge >= 0.3 is 0 Å². The maximum Gasteiger partial charge on any atom is 0.0344 e. The van der Waals surface area contributed by atoms with Crippen LogP contribution in [0.5, 0.6) is 0 Å². The van der Waals surface area contributed by atoms with Gasteiger partial charge < -0.3 is 10.6 Å². The van der Waals surface area contributed by atoms with E-state index in [0.29, 0.717) is 18.5 Å². The molecule has 2 N–H and O–H groups in total. The summed E-state index contributed by atoms with van der Waals surface area (Å²) in [6.45, 7) is 5.16. The summed E-state index contributed by atoms with van der Waals surface area (Å²) < 4.78 is 0. The van der Waals surface area contributed by atoms with Crippen LogP contribution < -0.4 is 5.73 Å². The van der Waals surface area contributed by atoms with Crippen LogP contribution >= 0.6 is 0 Å².